The van der Waals surface area contributed by atoms with Crippen molar-refractivity contribution < 1.29 is 0 Å². The van der Waals surface area contributed by atoms with Gasteiger partial charge in [0.15, 0.2) is 0 Å². The molecule has 0 amide bonds. The Labute approximate surface area is 137 Å². The van der Waals surface area contributed by atoms with Crippen molar-refractivity contribution in [1.29, 1.82) is 0 Å². The lowest BCUT2D eigenvalue weighted by molar-refractivity contribution is 0.383. The largest absolute Gasteiger partial charge is 0.374 e. The highest BCUT2D eigenvalue weighted by atomic mass is 15.3. The molecular formula is C18H25N5. The first kappa shape index (κ1) is 14.6. The number of nitrogens with zero attached hydrogens (tertiary/aromatic N) is 3. The van der Waals surface area contributed by atoms with Crippen LogP contribution in [0, 0.1) is 5.92 Å². The van der Waals surface area contributed by atoms with E-state index in [0.29, 0.717) is 11.8 Å². The van der Waals surface area contributed by atoms with Gasteiger partial charge in [-0.15, -0.1) is 0 Å². The zero-order chi connectivity index (χ0) is 15.6. The minimum atomic E-state index is 0.601. The molecule has 2 atom stereocenters. The second kappa shape index (κ2) is 6.24. The summed E-state index contributed by atoms with van der Waals surface area (Å²) in [6.45, 7) is 5.29. The molecule has 4 rings (SSSR count). The summed E-state index contributed by atoms with van der Waals surface area (Å²) in [5, 5.41) is 11.5. The zero-order valence-corrected chi connectivity index (χ0v) is 13.7. The number of fused-ring (bicyclic) bond motifs is 2. The molecule has 0 aliphatic carbocycles. The second-order valence-electron chi connectivity index (χ2n) is 6.77. The van der Waals surface area contributed by atoms with Crippen molar-refractivity contribution in [3.05, 3.63) is 42.1 Å². The van der Waals surface area contributed by atoms with Gasteiger partial charge in [-0.3, -0.25) is 0 Å². The number of benzene rings is 1. The Morgan fingerprint density at radius 2 is 2.17 bits per heavy atom. The number of rotatable bonds is 4. The third-order valence-corrected chi connectivity index (χ3v) is 5.14. The molecule has 122 valence electrons. The fraction of sp³-hybridized carbons (Fsp3) is 0.500. The molecule has 2 aliphatic heterocycles. The Bertz CT molecular complexity index is 665. The van der Waals surface area contributed by atoms with Gasteiger partial charge < -0.3 is 15.5 Å². The summed E-state index contributed by atoms with van der Waals surface area (Å²) in [4.78, 5) is 2.37. The van der Waals surface area contributed by atoms with Crippen molar-refractivity contribution in [3.63, 3.8) is 0 Å². The minimum Gasteiger partial charge on any atom is -0.374 e. The van der Waals surface area contributed by atoms with Gasteiger partial charge in [-0.1, -0.05) is 18.2 Å². The lowest BCUT2D eigenvalue weighted by atomic mass is 9.90. The van der Waals surface area contributed by atoms with Gasteiger partial charge in [0, 0.05) is 63.4 Å². The van der Waals surface area contributed by atoms with Gasteiger partial charge in [0.05, 0.1) is 6.20 Å². The molecule has 1 aromatic heterocycles. The van der Waals surface area contributed by atoms with Gasteiger partial charge in [-0.05, 0) is 18.1 Å². The maximum atomic E-state index is 4.36. The molecule has 0 unspecified atom stereocenters. The zero-order valence-electron chi connectivity index (χ0n) is 13.7. The first-order chi connectivity index (χ1) is 11.3. The summed E-state index contributed by atoms with van der Waals surface area (Å²) >= 11 is 0. The van der Waals surface area contributed by atoms with E-state index in [4.69, 9.17) is 0 Å². The van der Waals surface area contributed by atoms with Crippen LogP contribution in [-0.2, 0) is 6.54 Å². The van der Waals surface area contributed by atoms with Gasteiger partial charge in [0.25, 0.3) is 0 Å². The Morgan fingerprint density at radius 1 is 1.26 bits per heavy atom. The number of anilines is 2. The van der Waals surface area contributed by atoms with Gasteiger partial charge in [0.1, 0.15) is 5.82 Å². The van der Waals surface area contributed by atoms with Crippen LogP contribution >= 0.6 is 0 Å². The smallest absolute Gasteiger partial charge is 0.124 e. The number of para-hydroxylation sites is 1. The number of aromatic nitrogens is 2. The van der Waals surface area contributed by atoms with Gasteiger partial charge in [-0.2, -0.15) is 5.10 Å². The van der Waals surface area contributed by atoms with Crippen LogP contribution in [0.5, 0.6) is 0 Å². The highest BCUT2D eigenvalue weighted by Gasteiger charge is 2.23. The molecule has 0 fully saturated rings. The van der Waals surface area contributed by atoms with Crippen LogP contribution < -0.4 is 15.5 Å². The Balaban J connectivity index is 1.33. The van der Waals surface area contributed by atoms with Gasteiger partial charge in [0.2, 0.25) is 0 Å². The minimum absolute atomic E-state index is 0.601. The second-order valence-corrected chi connectivity index (χ2v) is 6.77. The molecule has 1 aromatic carbocycles. The van der Waals surface area contributed by atoms with Crippen molar-refractivity contribution in [3.8, 4) is 0 Å². The van der Waals surface area contributed by atoms with Crippen molar-refractivity contribution in [2.45, 2.75) is 18.9 Å². The van der Waals surface area contributed by atoms with E-state index in [-0.39, 0.29) is 0 Å². The van der Waals surface area contributed by atoms with Crippen LogP contribution in [0.15, 0.2) is 36.5 Å². The van der Waals surface area contributed by atoms with Crippen molar-refractivity contribution >= 4 is 11.5 Å². The highest BCUT2D eigenvalue weighted by molar-refractivity contribution is 5.56. The Morgan fingerprint density at radius 3 is 3.13 bits per heavy atom. The molecule has 23 heavy (non-hydrogen) atoms. The van der Waals surface area contributed by atoms with Gasteiger partial charge in [-0.25, -0.2) is 4.68 Å². The van der Waals surface area contributed by atoms with Crippen molar-refractivity contribution in [2.24, 2.45) is 5.92 Å². The predicted molar refractivity (Wildman–Crippen MR) is 94.1 cm³/mol. The molecule has 5 nitrogen and oxygen atoms in total. The third kappa shape index (κ3) is 2.93. The fourth-order valence-electron chi connectivity index (χ4n) is 3.80. The topological polar surface area (TPSA) is 45.1 Å². The van der Waals surface area contributed by atoms with E-state index in [1.807, 2.05) is 12.3 Å². The average Bonchev–Trinajstić information content (AvgIpc) is 3.05. The van der Waals surface area contributed by atoms with E-state index in [9.17, 15) is 0 Å². The molecule has 3 heterocycles. The van der Waals surface area contributed by atoms with Gasteiger partial charge >= 0.3 is 0 Å². The van der Waals surface area contributed by atoms with E-state index in [1.54, 1.807) is 0 Å². The van der Waals surface area contributed by atoms with Crippen LogP contribution in [0.25, 0.3) is 0 Å². The lowest BCUT2D eigenvalue weighted by Gasteiger charge is -2.34. The standard InChI is InChI=1S/C18H25N5/c1-22-9-7-15(16-4-2-3-5-17(16)22)12-19-10-14-11-20-18-6-8-21-23(18)13-14/h2-6,8,14-15,19-20H,7,9-13H2,1H3/t14-,15-/m1/s1. The molecule has 0 radical (unpaired) electrons. The quantitative estimate of drug-likeness (QED) is 0.908. The van der Waals surface area contributed by atoms with Crippen LogP contribution in [-0.4, -0.2) is 43.0 Å². The number of hydrogen-bond acceptors (Lipinski definition) is 4. The monoisotopic (exact) mass is 311 g/mol. The third-order valence-electron chi connectivity index (χ3n) is 5.14. The molecule has 0 saturated carbocycles. The van der Waals surface area contributed by atoms with Crippen molar-refractivity contribution in [2.75, 3.05) is 43.4 Å². The van der Waals surface area contributed by atoms with Crippen LogP contribution in [0.1, 0.15) is 17.9 Å². The first-order valence-electron chi connectivity index (χ1n) is 8.58. The maximum Gasteiger partial charge on any atom is 0.124 e. The van der Waals surface area contributed by atoms with Crippen LogP contribution in [0.4, 0.5) is 11.5 Å². The van der Waals surface area contributed by atoms with Crippen molar-refractivity contribution in [1.82, 2.24) is 15.1 Å². The Kier molecular flexibility index (Phi) is 3.95. The molecule has 2 aromatic rings. The summed E-state index contributed by atoms with van der Waals surface area (Å²) in [6.07, 6.45) is 3.10. The number of hydrogen-bond donors (Lipinski definition) is 2. The number of nitrogens with one attached hydrogen (secondary N) is 2. The van der Waals surface area contributed by atoms with Crippen LogP contribution in [0.2, 0.25) is 0 Å². The summed E-state index contributed by atoms with van der Waals surface area (Å²) in [5.74, 6) is 2.37. The predicted octanol–water partition coefficient (Wildman–Crippen LogP) is 2.14. The highest BCUT2D eigenvalue weighted by Crippen LogP contribution is 2.33. The fourth-order valence-corrected chi connectivity index (χ4v) is 3.80. The summed E-state index contributed by atoms with van der Waals surface area (Å²) in [6, 6.07) is 10.9. The molecule has 5 heteroatoms. The van der Waals surface area contributed by atoms with E-state index >= 15 is 0 Å². The normalized spacial score (nSPS) is 23.1. The maximum absolute atomic E-state index is 4.36. The molecular weight excluding hydrogens is 286 g/mol. The van der Waals surface area contributed by atoms with Crippen LogP contribution in [0.3, 0.4) is 0 Å². The van der Waals surface area contributed by atoms with E-state index < -0.39 is 0 Å². The average molecular weight is 311 g/mol. The summed E-state index contributed by atoms with van der Waals surface area (Å²) in [7, 11) is 2.19. The lowest BCUT2D eigenvalue weighted by Crippen LogP contribution is -2.38. The first-order valence-corrected chi connectivity index (χ1v) is 8.58. The van der Waals surface area contributed by atoms with E-state index in [0.717, 1.165) is 38.5 Å². The summed E-state index contributed by atoms with van der Waals surface area (Å²) < 4.78 is 2.07. The molecule has 2 N–H and O–H groups in total. The van der Waals surface area contributed by atoms with E-state index in [2.05, 4.69) is 56.6 Å². The summed E-state index contributed by atoms with van der Waals surface area (Å²) in [5.41, 5.74) is 2.89. The Hall–Kier alpha value is -2.01. The molecule has 0 spiro atoms. The van der Waals surface area contributed by atoms with E-state index in [1.165, 1.54) is 17.7 Å². The molecule has 0 saturated heterocycles. The SMILES string of the molecule is CN1CC[C@H](CNC[C@@H]2CNc3ccnn3C2)c2ccccc21. The molecule has 2 aliphatic rings. The molecule has 0 bridgehead atoms.